The van der Waals surface area contributed by atoms with Crippen LogP contribution in [0.25, 0.3) is 5.65 Å². The zero-order valence-corrected chi connectivity index (χ0v) is 13.3. The van der Waals surface area contributed by atoms with E-state index in [0.717, 1.165) is 17.0 Å². The van der Waals surface area contributed by atoms with Crippen molar-refractivity contribution in [3.63, 3.8) is 0 Å². The zero-order chi connectivity index (χ0) is 16.4. The Labute approximate surface area is 137 Å². The Bertz CT molecular complexity index is 860. The van der Waals surface area contributed by atoms with Gasteiger partial charge in [0.15, 0.2) is 0 Å². The van der Waals surface area contributed by atoms with Crippen LogP contribution in [0.2, 0.25) is 0 Å². The highest BCUT2D eigenvalue weighted by atomic mass is 32.1. The first-order chi connectivity index (χ1) is 11.0. The number of nitrogens with zero attached hydrogens (tertiary/aromatic N) is 3. The smallest absolute Gasteiger partial charge is 0.258 e. The van der Waals surface area contributed by atoms with Crippen LogP contribution in [0.1, 0.15) is 17.0 Å². The maximum Gasteiger partial charge on any atom is 0.258 e. The molecule has 118 valence electrons. The van der Waals surface area contributed by atoms with Gasteiger partial charge in [-0.2, -0.15) is 0 Å². The molecule has 0 aliphatic rings. The summed E-state index contributed by atoms with van der Waals surface area (Å²) in [6.07, 6.45) is 3.90. The van der Waals surface area contributed by atoms with E-state index in [2.05, 4.69) is 9.97 Å². The molecule has 0 fully saturated rings. The number of ether oxygens (including phenoxy) is 1. The van der Waals surface area contributed by atoms with Crippen LogP contribution in [0.4, 0.5) is 4.39 Å². The molecule has 0 aliphatic heterocycles. The highest BCUT2D eigenvalue weighted by Gasteiger charge is 2.14. The first-order valence-electron chi connectivity index (χ1n) is 7.02. The summed E-state index contributed by atoms with van der Waals surface area (Å²) >= 11 is 4.98. The number of benzene rings is 1. The summed E-state index contributed by atoms with van der Waals surface area (Å²) in [5, 5.41) is 0. The summed E-state index contributed by atoms with van der Waals surface area (Å²) in [7, 11) is 0. The number of hydrogen-bond donors (Lipinski definition) is 1. The molecular formula is C16H15FN4OS. The van der Waals surface area contributed by atoms with Gasteiger partial charge in [0.25, 0.3) is 5.88 Å². The Hall–Kier alpha value is -2.54. The maximum atomic E-state index is 12.9. The largest absolute Gasteiger partial charge is 0.470 e. The number of nitrogens with two attached hydrogens (primary N) is 1. The van der Waals surface area contributed by atoms with Gasteiger partial charge < -0.3 is 10.5 Å². The van der Waals surface area contributed by atoms with Gasteiger partial charge >= 0.3 is 0 Å². The van der Waals surface area contributed by atoms with Crippen molar-refractivity contribution in [2.75, 3.05) is 0 Å². The molecule has 0 unspecified atom stereocenters. The van der Waals surface area contributed by atoms with Crippen molar-refractivity contribution in [1.82, 2.24) is 14.4 Å². The standard InChI is InChI=1S/C16H15FN4OS/c1-10-13(8-14(18)23)21-7-6-19-16(15(21)20-10)22-9-11-2-4-12(17)5-3-11/h2-7H,8-9H2,1H3,(H2,18,23). The van der Waals surface area contributed by atoms with E-state index in [4.69, 9.17) is 22.7 Å². The minimum Gasteiger partial charge on any atom is -0.470 e. The van der Waals surface area contributed by atoms with Gasteiger partial charge in [-0.3, -0.25) is 4.40 Å². The van der Waals surface area contributed by atoms with Gasteiger partial charge in [0.2, 0.25) is 5.65 Å². The average molecular weight is 330 g/mol. The van der Waals surface area contributed by atoms with Crippen molar-refractivity contribution in [3.05, 3.63) is 59.4 Å². The molecule has 1 aromatic carbocycles. The molecular weight excluding hydrogens is 315 g/mol. The van der Waals surface area contributed by atoms with Crippen molar-refractivity contribution in [3.8, 4) is 5.88 Å². The van der Waals surface area contributed by atoms with Gasteiger partial charge in [-0.05, 0) is 24.6 Å². The fraction of sp³-hybridized carbons (Fsp3) is 0.188. The van der Waals surface area contributed by atoms with Gasteiger partial charge in [-0.15, -0.1) is 0 Å². The molecule has 2 N–H and O–H groups in total. The zero-order valence-electron chi connectivity index (χ0n) is 12.5. The Morgan fingerprint density at radius 3 is 2.78 bits per heavy atom. The predicted molar refractivity (Wildman–Crippen MR) is 88.9 cm³/mol. The minimum absolute atomic E-state index is 0.278. The van der Waals surface area contributed by atoms with Gasteiger partial charge in [0.1, 0.15) is 12.4 Å². The molecule has 3 aromatic rings. The molecule has 0 amide bonds. The van der Waals surface area contributed by atoms with E-state index in [1.54, 1.807) is 24.5 Å². The second-order valence-electron chi connectivity index (χ2n) is 5.13. The molecule has 2 aromatic heterocycles. The lowest BCUT2D eigenvalue weighted by atomic mass is 10.2. The molecule has 0 saturated carbocycles. The van der Waals surface area contributed by atoms with Crippen LogP contribution in [0.15, 0.2) is 36.7 Å². The number of aromatic nitrogens is 3. The van der Waals surface area contributed by atoms with E-state index in [9.17, 15) is 4.39 Å². The van der Waals surface area contributed by atoms with Crippen molar-refractivity contribution in [2.24, 2.45) is 5.73 Å². The highest BCUT2D eigenvalue weighted by Crippen LogP contribution is 2.21. The van der Waals surface area contributed by atoms with Crippen molar-refractivity contribution < 1.29 is 9.13 Å². The van der Waals surface area contributed by atoms with Crippen LogP contribution in [0.5, 0.6) is 5.88 Å². The Morgan fingerprint density at radius 1 is 1.35 bits per heavy atom. The topological polar surface area (TPSA) is 65.4 Å². The predicted octanol–water partition coefficient (Wildman–Crippen LogP) is 2.58. The number of aryl methyl sites for hydroxylation is 1. The first kappa shape index (κ1) is 15.4. The number of rotatable bonds is 5. The summed E-state index contributed by atoms with van der Waals surface area (Å²) in [6, 6.07) is 6.13. The number of thiocarbonyl (C=S) groups is 1. The Morgan fingerprint density at radius 2 is 2.09 bits per heavy atom. The SMILES string of the molecule is Cc1nc2c(OCc3ccc(F)cc3)nccn2c1CC(N)=S. The minimum atomic E-state index is -0.278. The second-order valence-corrected chi connectivity index (χ2v) is 5.65. The second kappa shape index (κ2) is 6.29. The van der Waals surface area contributed by atoms with Crippen LogP contribution in [-0.2, 0) is 13.0 Å². The van der Waals surface area contributed by atoms with Gasteiger partial charge in [-0.1, -0.05) is 24.4 Å². The fourth-order valence-electron chi connectivity index (χ4n) is 2.33. The third kappa shape index (κ3) is 3.29. The van der Waals surface area contributed by atoms with Crippen molar-refractivity contribution in [2.45, 2.75) is 20.0 Å². The van der Waals surface area contributed by atoms with Gasteiger partial charge in [0.05, 0.1) is 16.4 Å². The lowest BCUT2D eigenvalue weighted by Gasteiger charge is -2.07. The molecule has 5 nitrogen and oxygen atoms in total. The van der Waals surface area contributed by atoms with Crippen LogP contribution in [0.3, 0.4) is 0 Å². The molecule has 2 heterocycles. The summed E-state index contributed by atoms with van der Waals surface area (Å²) in [5.41, 5.74) is 8.85. The van der Waals surface area contributed by atoms with Crippen molar-refractivity contribution in [1.29, 1.82) is 0 Å². The van der Waals surface area contributed by atoms with E-state index in [1.165, 1.54) is 12.1 Å². The van der Waals surface area contributed by atoms with Crippen LogP contribution in [-0.4, -0.2) is 19.4 Å². The quantitative estimate of drug-likeness (QED) is 0.729. The lowest BCUT2D eigenvalue weighted by Crippen LogP contribution is -2.13. The van der Waals surface area contributed by atoms with Crippen LogP contribution < -0.4 is 10.5 Å². The molecule has 0 radical (unpaired) electrons. The van der Waals surface area contributed by atoms with E-state index in [1.807, 2.05) is 11.3 Å². The van der Waals surface area contributed by atoms with Gasteiger partial charge in [0, 0.05) is 18.8 Å². The van der Waals surface area contributed by atoms with Crippen molar-refractivity contribution >= 4 is 22.9 Å². The van der Waals surface area contributed by atoms with E-state index < -0.39 is 0 Å². The average Bonchev–Trinajstić information content (AvgIpc) is 2.83. The third-order valence-corrected chi connectivity index (χ3v) is 3.58. The first-order valence-corrected chi connectivity index (χ1v) is 7.43. The maximum absolute atomic E-state index is 12.9. The lowest BCUT2D eigenvalue weighted by molar-refractivity contribution is 0.295. The molecule has 7 heteroatoms. The molecule has 3 rings (SSSR count). The number of hydrogen-bond acceptors (Lipinski definition) is 4. The number of halogens is 1. The Balaban J connectivity index is 1.89. The Kier molecular flexibility index (Phi) is 4.20. The molecule has 0 spiro atoms. The fourth-order valence-corrected chi connectivity index (χ4v) is 2.47. The van der Waals surface area contributed by atoms with Crippen LogP contribution >= 0.6 is 12.2 Å². The number of imidazole rings is 1. The molecule has 0 bridgehead atoms. The molecule has 23 heavy (non-hydrogen) atoms. The van der Waals surface area contributed by atoms with E-state index in [-0.39, 0.29) is 12.4 Å². The number of fused-ring (bicyclic) bond motifs is 1. The monoisotopic (exact) mass is 330 g/mol. The summed E-state index contributed by atoms with van der Waals surface area (Å²) in [6.45, 7) is 2.17. The third-order valence-electron chi connectivity index (χ3n) is 3.44. The summed E-state index contributed by atoms with van der Waals surface area (Å²) in [5.74, 6) is 0.134. The van der Waals surface area contributed by atoms with E-state index >= 15 is 0 Å². The summed E-state index contributed by atoms with van der Waals surface area (Å²) in [4.78, 5) is 9.13. The molecule has 0 saturated heterocycles. The molecule has 0 aliphatic carbocycles. The van der Waals surface area contributed by atoms with Gasteiger partial charge in [-0.25, -0.2) is 14.4 Å². The highest BCUT2D eigenvalue weighted by molar-refractivity contribution is 7.80. The normalized spacial score (nSPS) is 10.9. The summed E-state index contributed by atoms with van der Waals surface area (Å²) < 4.78 is 20.5. The molecule has 0 atom stereocenters. The van der Waals surface area contributed by atoms with Crippen LogP contribution in [0, 0.1) is 12.7 Å². The van der Waals surface area contributed by atoms with E-state index in [0.29, 0.717) is 22.9 Å².